The lowest BCUT2D eigenvalue weighted by Gasteiger charge is -2.38. The molecular formula is C17H20N2O. The molecule has 0 spiro atoms. The molecule has 20 heavy (non-hydrogen) atoms. The Labute approximate surface area is 119 Å². The van der Waals surface area contributed by atoms with Crippen LogP contribution in [0, 0.1) is 0 Å². The minimum Gasteiger partial charge on any atom is -0.508 e. The van der Waals surface area contributed by atoms with Crippen molar-refractivity contribution in [2.45, 2.75) is 18.9 Å². The van der Waals surface area contributed by atoms with Crippen LogP contribution in [-0.2, 0) is 6.42 Å². The van der Waals surface area contributed by atoms with Crippen LogP contribution in [0.15, 0.2) is 48.5 Å². The number of fused-ring (bicyclic) bond motifs is 1. The molecule has 0 aliphatic carbocycles. The van der Waals surface area contributed by atoms with Gasteiger partial charge < -0.3 is 15.7 Å². The van der Waals surface area contributed by atoms with Crippen LogP contribution < -0.4 is 10.6 Å². The maximum Gasteiger partial charge on any atom is 0.120 e. The quantitative estimate of drug-likeness (QED) is 0.900. The molecule has 0 amide bonds. The highest BCUT2D eigenvalue weighted by Gasteiger charge is 2.25. The van der Waals surface area contributed by atoms with Crippen LogP contribution in [0.3, 0.4) is 0 Å². The fourth-order valence-corrected chi connectivity index (χ4v) is 3.08. The second kappa shape index (κ2) is 5.55. The van der Waals surface area contributed by atoms with Gasteiger partial charge in [0.05, 0.1) is 6.04 Å². The number of aryl methyl sites for hydroxylation is 1. The van der Waals surface area contributed by atoms with Crippen LogP contribution in [-0.4, -0.2) is 18.2 Å². The van der Waals surface area contributed by atoms with Gasteiger partial charge in [0.1, 0.15) is 5.75 Å². The van der Waals surface area contributed by atoms with Crippen molar-refractivity contribution in [3.63, 3.8) is 0 Å². The third-order valence-corrected chi connectivity index (χ3v) is 4.04. The van der Waals surface area contributed by atoms with Crippen molar-refractivity contribution in [3.05, 3.63) is 59.7 Å². The van der Waals surface area contributed by atoms with E-state index in [1.54, 1.807) is 6.07 Å². The third-order valence-electron chi connectivity index (χ3n) is 4.04. The van der Waals surface area contributed by atoms with Crippen molar-refractivity contribution >= 4 is 5.69 Å². The Bertz CT molecular complexity index is 597. The van der Waals surface area contributed by atoms with Gasteiger partial charge in [0.15, 0.2) is 0 Å². The van der Waals surface area contributed by atoms with Gasteiger partial charge in [-0.3, -0.25) is 0 Å². The number of nitrogens with two attached hydrogens (primary N) is 1. The van der Waals surface area contributed by atoms with Gasteiger partial charge in [0, 0.05) is 24.3 Å². The number of anilines is 1. The minimum absolute atomic E-state index is 0.0256. The summed E-state index contributed by atoms with van der Waals surface area (Å²) in [7, 11) is 0. The van der Waals surface area contributed by atoms with Gasteiger partial charge in [0.2, 0.25) is 0 Å². The summed E-state index contributed by atoms with van der Waals surface area (Å²) in [4.78, 5) is 2.33. The molecule has 0 fully saturated rings. The van der Waals surface area contributed by atoms with E-state index in [1.807, 2.05) is 18.2 Å². The van der Waals surface area contributed by atoms with Crippen molar-refractivity contribution in [2.75, 3.05) is 18.0 Å². The molecule has 0 bridgehead atoms. The summed E-state index contributed by atoms with van der Waals surface area (Å²) < 4.78 is 0. The second-order valence-corrected chi connectivity index (χ2v) is 5.24. The largest absolute Gasteiger partial charge is 0.508 e. The molecule has 0 aromatic heterocycles. The van der Waals surface area contributed by atoms with Crippen LogP contribution in [0.5, 0.6) is 5.75 Å². The van der Waals surface area contributed by atoms with Gasteiger partial charge in [-0.1, -0.05) is 36.4 Å². The Morgan fingerprint density at radius 2 is 1.85 bits per heavy atom. The normalized spacial score (nSPS) is 15.8. The summed E-state index contributed by atoms with van der Waals surface area (Å²) >= 11 is 0. The number of aromatic hydroxyl groups is 1. The molecule has 2 aromatic carbocycles. The predicted molar refractivity (Wildman–Crippen MR) is 82.0 cm³/mol. The number of rotatable bonds is 3. The summed E-state index contributed by atoms with van der Waals surface area (Å²) in [6.45, 7) is 1.47. The molecule has 3 nitrogen and oxygen atoms in total. The smallest absolute Gasteiger partial charge is 0.120 e. The summed E-state index contributed by atoms with van der Waals surface area (Å²) in [5.74, 6) is 0.325. The highest BCUT2D eigenvalue weighted by molar-refractivity contribution is 5.58. The predicted octanol–water partition coefficient (Wildman–Crippen LogP) is 2.84. The van der Waals surface area contributed by atoms with Crippen molar-refractivity contribution < 1.29 is 5.11 Å². The Morgan fingerprint density at radius 1 is 1.10 bits per heavy atom. The first-order valence-electron chi connectivity index (χ1n) is 7.14. The summed E-state index contributed by atoms with van der Waals surface area (Å²) in [5, 5.41) is 10.1. The monoisotopic (exact) mass is 268 g/mol. The van der Waals surface area contributed by atoms with Gasteiger partial charge in [-0.2, -0.15) is 0 Å². The second-order valence-electron chi connectivity index (χ2n) is 5.24. The van der Waals surface area contributed by atoms with E-state index in [0.29, 0.717) is 12.3 Å². The number of phenolic OH excluding ortho intramolecular Hbond substituents is 1. The zero-order valence-electron chi connectivity index (χ0n) is 11.5. The lowest BCUT2D eigenvalue weighted by molar-refractivity contribution is 0.456. The summed E-state index contributed by atoms with van der Waals surface area (Å²) in [6, 6.07) is 16.0. The van der Waals surface area contributed by atoms with E-state index in [0.717, 1.165) is 24.9 Å². The first kappa shape index (κ1) is 13.0. The van der Waals surface area contributed by atoms with Crippen LogP contribution in [0.2, 0.25) is 0 Å². The molecule has 104 valence electrons. The van der Waals surface area contributed by atoms with Gasteiger partial charge in [-0.25, -0.2) is 0 Å². The van der Waals surface area contributed by atoms with E-state index in [4.69, 9.17) is 5.73 Å². The van der Waals surface area contributed by atoms with E-state index >= 15 is 0 Å². The molecule has 3 N–H and O–H groups in total. The van der Waals surface area contributed by atoms with Crippen LogP contribution in [0.1, 0.15) is 23.6 Å². The third kappa shape index (κ3) is 2.25. The average molecular weight is 268 g/mol. The summed E-state index contributed by atoms with van der Waals surface area (Å²) in [5.41, 5.74) is 9.53. The highest BCUT2D eigenvalue weighted by Crippen LogP contribution is 2.36. The fraction of sp³-hybridized carbons (Fsp3) is 0.294. The van der Waals surface area contributed by atoms with E-state index in [-0.39, 0.29) is 6.04 Å². The maximum absolute atomic E-state index is 10.1. The molecule has 2 aromatic rings. The van der Waals surface area contributed by atoms with Gasteiger partial charge in [-0.15, -0.1) is 0 Å². The average Bonchev–Trinajstić information content (AvgIpc) is 2.50. The van der Waals surface area contributed by atoms with Gasteiger partial charge in [0.25, 0.3) is 0 Å². The first-order chi connectivity index (χ1) is 9.81. The van der Waals surface area contributed by atoms with Crippen LogP contribution in [0.25, 0.3) is 0 Å². The molecule has 0 saturated carbocycles. The first-order valence-corrected chi connectivity index (χ1v) is 7.14. The molecule has 1 aliphatic heterocycles. The number of nitrogens with zero attached hydrogens (tertiary/aromatic N) is 1. The molecule has 1 heterocycles. The summed E-state index contributed by atoms with van der Waals surface area (Å²) in [6.07, 6.45) is 2.24. The van der Waals surface area contributed by atoms with Crippen molar-refractivity contribution in [3.8, 4) is 5.75 Å². The zero-order valence-corrected chi connectivity index (χ0v) is 11.5. The topological polar surface area (TPSA) is 49.5 Å². The Morgan fingerprint density at radius 3 is 2.65 bits per heavy atom. The Hall–Kier alpha value is -2.00. The molecule has 1 unspecified atom stereocenters. The zero-order chi connectivity index (χ0) is 13.9. The molecule has 0 radical (unpaired) electrons. The molecule has 1 atom stereocenters. The van der Waals surface area contributed by atoms with Crippen LogP contribution in [0.4, 0.5) is 5.69 Å². The van der Waals surface area contributed by atoms with Gasteiger partial charge >= 0.3 is 0 Å². The number of benzene rings is 2. The van der Waals surface area contributed by atoms with E-state index < -0.39 is 0 Å². The lowest BCUT2D eigenvalue weighted by atomic mass is 9.96. The van der Waals surface area contributed by atoms with E-state index in [9.17, 15) is 5.11 Å². The molecule has 3 rings (SSSR count). The van der Waals surface area contributed by atoms with E-state index in [1.165, 1.54) is 11.3 Å². The fourth-order valence-electron chi connectivity index (χ4n) is 3.08. The SMILES string of the molecule is NCC(c1ccccc1O)N1CCCc2ccccc21. The number of para-hydroxylation sites is 2. The van der Waals surface area contributed by atoms with Crippen molar-refractivity contribution in [1.82, 2.24) is 0 Å². The van der Waals surface area contributed by atoms with Gasteiger partial charge in [-0.05, 0) is 30.5 Å². The lowest BCUT2D eigenvalue weighted by Crippen LogP contribution is -2.37. The molecule has 1 aliphatic rings. The number of hydrogen-bond donors (Lipinski definition) is 2. The molecule has 0 saturated heterocycles. The maximum atomic E-state index is 10.1. The minimum atomic E-state index is 0.0256. The Balaban J connectivity index is 2.01. The van der Waals surface area contributed by atoms with Crippen molar-refractivity contribution in [2.24, 2.45) is 5.73 Å². The molecule has 3 heteroatoms. The van der Waals surface area contributed by atoms with Crippen LogP contribution >= 0.6 is 0 Å². The molecular weight excluding hydrogens is 248 g/mol. The number of hydrogen-bond acceptors (Lipinski definition) is 3. The highest BCUT2D eigenvalue weighted by atomic mass is 16.3. The standard InChI is InChI=1S/C17H20N2O/c18-12-16(14-8-2-4-10-17(14)20)19-11-5-7-13-6-1-3-9-15(13)19/h1-4,6,8-10,16,20H,5,7,11-12,18H2. The van der Waals surface area contributed by atoms with E-state index in [2.05, 4.69) is 29.2 Å². The number of phenols is 1. The van der Waals surface area contributed by atoms with Crippen molar-refractivity contribution in [1.29, 1.82) is 0 Å². The Kier molecular flexibility index (Phi) is 3.61.